The second kappa shape index (κ2) is 6.19. The number of hydrogen-bond acceptors (Lipinski definition) is 4. The second-order valence-electron chi connectivity index (χ2n) is 4.38. The van der Waals surface area contributed by atoms with E-state index in [1.54, 1.807) is 29.6 Å². The zero-order valence-corrected chi connectivity index (χ0v) is 12.5. The summed E-state index contributed by atoms with van der Waals surface area (Å²) in [7, 11) is 3.34. The van der Waals surface area contributed by atoms with Gasteiger partial charge in [0.05, 0.1) is 30.1 Å². The molecule has 0 aromatic carbocycles. The number of nitrogens with zero attached hydrogens (tertiary/aromatic N) is 4. The first-order chi connectivity index (χ1) is 9.58. The molecular weight excluding hydrogens is 280 g/mol. The minimum Gasteiger partial charge on any atom is -0.383 e. The van der Waals surface area contributed by atoms with Crippen LogP contribution in [0.2, 0.25) is 5.02 Å². The van der Waals surface area contributed by atoms with Gasteiger partial charge in [-0.05, 0) is 12.5 Å². The minimum absolute atomic E-state index is 0.182. The maximum absolute atomic E-state index is 12.6. The predicted octanol–water partition coefficient (Wildman–Crippen LogP) is 1.71. The van der Waals surface area contributed by atoms with Crippen LogP contribution in [-0.4, -0.2) is 39.1 Å². The number of carbonyl (C=O) groups is 1. The molecule has 0 saturated heterocycles. The first-order valence-electron chi connectivity index (χ1n) is 6.36. The molecule has 0 radical (unpaired) electrons. The molecule has 6 nitrogen and oxygen atoms in total. The largest absolute Gasteiger partial charge is 0.383 e. The maximum Gasteiger partial charge on any atom is 0.230 e. The van der Waals surface area contributed by atoms with Crippen LogP contribution in [0.15, 0.2) is 12.3 Å². The van der Waals surface area contributed by atoms with Crippen LogP contribution >= 0.6 is 11.6 Å². The van der Waals surface area contributed by atoms with Crippen LogP contribution in [-0.2, 0) is 24.8 Å². The van der Waals surface area contributed by atoms with Crippen LogP contribution in [0.1, 0.15) is 28.8 Å². The quantitative estimate of drug-likeness (QED) is 0.761. The highest BCUT2D eigenvalue weighted by molar-refractivity contribution is 6.34. The summed E-state index contributed by atoms with van der Waals surface area (Å²) in [5.41, 5.74) is 1.74. The van der Waals surface area contributed by atoms with Gasteiger partial charge in [-0.3, -0.25) is 14.2 Å². The average molecular weight is 297 g/mol. The normalized spacial score (nSPS) is 11.0. The van der Waals surface area contributed by atoms with E-state index in [0.717, 1.165) is 12.1 Å². The highest BCUT2D eigenvalue weighted by Crippen LogP contribution is 2.19. The van der Waals surface area contributed by atoms with Crippen molar-refractivity contribution in [2.75, 3.05) is 13.7 Å². The van der Waals surface area contributed by atoms with E-state index in [9.17, 15) is 4.79 Å². The Morgan fingerprint density at radius 2 is 2.25 bits per heavy atom. The van der Waals surface area contributed by atoms with Crippen LogP contribution < -0.4 is 0 Å². The molecule has 0 aliphatic heterocycles. The first kappa shape index (κ1) is 14.7. The molecule has 108 valence electrons. The lowest BCUT2D eigenvalue weighted by molar-refractivity contribution is 0.101. The number of methoxy groups -OCH3 is 1. The van der Waals surface area contributed by atoms with Crippen molar-refractivity contribution >= 4 is 17.4 Å². The van der Waals surface area contributed by atoms with Gasteiger partial charge in [0.25, 0.3) is 0 Å². The van der Waals surface area contributed by atoms with E-state index in [1.807, 2.05) is 6.92 Å². The third-order valence-electron chi connectivity index (χ3n) is 3.04. The Morgan fingerprint density at radius 1 is 1.50 bits per heavy atom. The van der Waals surface area contributed by atoms with E-state index < -0.39 is 0 Å². The summed E-state index contributed by atoms with van der Waals surface area (Å²) < 4.78 is 8.14. The molecule has 0 atom stereocenters. The third kappa shape index (κ3) is 2.76. The van der Waals surface area contributed by atoms with Crippen LogP contribution in [0.25, 0.3) is 0 Å². The summed E-state index contributed by atoms with van der Waals surface area (Å²) in [6, 6.07) is 1.78. The van der Waals surface area contributed by atoms with Gasteiger partial charge in [0.15, 0.2) is 0 Å². The predicted molar refractivity (Wildman–Crippen MR) is 75.1 cm³/mol. The molecule has 20 heavy (non-hydrogen) atoms. The summed E-state index contributed by atoms with van der Waals surface area (Å²) >= 11 is 6.09. The lowest BCUT2D eigenvalue weighted by Gasteiger charge is -2.06. The SMILES string of the molecule is CCc1cc(C(=O)c2c(Cl)cnn2CCOC)n(C)n1. The van der Waals surface area contributed by atoms with Crippen molar-refractivity contribution in [1.82, 2.24) is 19.6 Å². The average Bonchev–Trinajstić information content (AvgIpc) is 2.99. The molecule has 0 amide bonds. The van der Waals surface area contributed by atoms with Gasteiger partial charge in [-0.2, -0.15) is 10.2 Å². The summed E-state index contributed by atoms with van der Waals surface area (Å²) in [4.78, 5) is 12.6. The molecule has 2 heterocycles. The molecule has 7 heteroatoms. The molecule has 0 bridgehead atoms. The van der Waals surface area contributed by atoms with E-state index in [4.69, 9.17) is 16.3 Å². The van der Waals surface area contributed by atoms with Crippen molar-refractivity contribution in [3.63, 3.8) is 0 Å². The number of hydrogen-bond donors (Lipinski definition) is 0. The van der Waals surface area contributed by atoms with Crippen LogP contribution in [0.4, 0.5) is 0 Å². The highest BCUT2D eigenvalue weighted by Gasteiger charge is 2.22. The van der Waals surface area contributed by atoms with Crippen LogP contribution in [0, 0.1) is 0 Å². The van der Waals surface area contributed by atoms with Gasteiger partial charge in [-0.25, -0.2) is 0 Å². The summed E-state index contributed by atoms with van der Waals surface area (Å²) in [5.74, 6) is -0.182. The molecule has 0 N–H and O–H groups in total. The Kier molecular flexibility index (Phi) is 4.57. The Hall–Kier alpha value is -1.66. The number of aromatic nitrogens is 4. The van der Waals surface area contributed by atoms with E-state index in [2.05, 4.69) is 10.2 Å². The standard InChI is InChI=1S/C13H17ClN4O2/c1-4-9-7-11(17(2)16-9)13(19)12-10(14)8-15-18(12)5-6-20-3/h7-8H,4-6H2,1-3H3. The number of carbonyl (C=O) groups excluding carboxylic acids is 1. The monoisotopic (exact) mass is 296 g/mol. The summed E-state index contributed by atoms with van der Waals surface area (Å²) in [5, 5.41) is 8.73. The van der Waals surface area contributed by atoms with Gasteiger partial charge in [-0.1, -0.05) is 18.5 Å². The summed E-state index contributed by atoms with van der Waals surface area (Å²) in [6.45, 7) is 2.93. The smallest absolute Gasteiger partial charge is 0.230 e. The minimum atomic E-state index is -0.182. The van der Waals surface area contributed by atoms with Gasteiger partial charge in [-0.15, -0.1) is 0 Å². The fourth-order valence-electron chi connectivity index (χ4n) is 1.97. The van der Waals surface area contributed by atoms with Crippen molar-refractivity contribution in [2.45, 2.75) is 19.9 Å². The number of ketones is 1. The lowest BCUT2D eigenvalue weighted by Crippen LogP contribution is -2.17. The van der Waals surface area contributed by atoms with Crippen molar-refractivity contribution in [3.8, 4) is 0 Å². The molecule has 0 aliphatic rings. The van der Waals surface area contributed by atoms with Gasteiger partial charge in [0, 0.05) is 14.2 Å². The second-order valence-corrected chi connectivity index (χ2v) is 4.79. The Labute approximate surface area is 122 Å². The van der Waals surface area contributed by atoms with Gasteiger partial charge >= 0.3 is 0 Å². The Morgan fingerprint density at radius 3 is 2.85 bits per heavy atom. The molecule has 0 spiro atoms. The molecule has 0 unspecified atom stereocenters. The molecule has 0 aliphatic carbocycles. The van der Waals surface area contributed by atoms with Crippen molar-refractivity contribution in [1.29, 1.82) is 0 Å². The Balaban J connectivity index is 2.37. The van der Waals surface area contributed by atoms with E-state index in [0.29, 0.717) is 29.6 Å². The fraction of sp³-hybridized carbons (Fsp3) is 0.462. The summed E-state index contributed by atoms with van der Waals surface area (Å²) in [6.07, 6.45) is 2.25. The molecule has 2 rings (SSSR count). The van der Waals surface area contributed by atoms with E-state index in [1.165, 1.54) is 6.20 Å². The zero-order valence-electron chi connectivity index (χ0n) is 11.8. The van der Waals surface area contributed by atoms with Crippen LogP contribution in [0.5, 0.6) is 0 Å². The molecule has 2 aromatic rings. The third-order valence-corrected chi connectivity index (χ3v) is 3.32. The molecule has 0 saturated carbocycles. The molecule has 2 aromatic heterocycles. The highest BCUT2D eigenvalue weighted by atomic mass is 35.5. The molecular formula is C13H17ClN4O2. The number of rotatable bonds is 6. The van der Waals surface area contributed by atoms with E-state index in [-0.39, 0.29) is 5.78 Å². The van der Waals surface area contributed by atoms with Crippen molar-refractivity contribution < 1.29 is 9.53 Å². The molecule has 0 fully saturated rings. The van der Waals surface area contributed by atoms with Gasteiger partial charge in [0.2, 0.25) is 5.78 Å². The Bertz CT molecular complexity index is 618. The van der Waals surface area contributed by atoms with E-state index >= 15 is 0 Å². The topological polar surface area (TPSA) is 61.9 Å². The number of ether oxygens (including phenoxy) is 1. The van der Waals surface area contributed by atoms with Crippen molar-refractivity contribution in [2.24, 2.45) is 7.05 Å². The van der Waals surface area contributed by atoms with Gasteiger partial charge in [0.1, 0.15) is 11.4 Å². The fourth-order valence-corrected chi connectivity index (χ4v) is 2.20. The lowest BCUT2D eigenvalue weighted by atomic mass is 10.2. The maximum atomic E-state index is 12.6. The number of aryl methyl sites for hydroxylation is 2. The van der Waals surface area contributed by atoms with Gasteiger partial charge < -0.3 is 4.74 Å². The zero-order chi connectivity index (χ0) is 14.7. The van der Waals surface area contributed by atoms with Crippen LogP contribution in [0.3, 0.4) is 0 Å². The number of halogens is 1. The van der Waals surface area contributed by atoms with Crippen molar-refractivity contribution in [3.05, 3.63) is 34.4 Å². The first-order valence-corrected chi connectivity index (χ1v) is 6.74.